The maximum Gasteiger partial charge on any atom is 0.276 e. The molecule has 7 nitrogen and oxygen atoms in total. The Morgan fingerprint density at radius 2 is 2.09 bits per heavy atom. The summed E-state index contributed by atoms with van der Waals surface area (Å²) in [7, 11) is 3.52. The first-order valence-corrected chi connectivity index (χ1v) is 10.8. The molecule has 2 saturated carbocycles. The second-order valence-corrected chi connectivity index (χ2v) is 8.56. The predicted octanol–water partition coefficient (Wildman–Crippen LogP) is 3.23. The lowest BCUT2D eigenvalue weighted by atomic mass is 9.93. The first-order chi connectivity index (χ1) is 15.4. The largest absolute Gasteiger partial charge is 0.310 e. The second kappa shape index (κ2) is 7.63. The molecule has 3 aliphatic rings. The Hall–Kier alpha value is -3.39. The van der Waals surface area contributed by atoms with Crippen LogP contribution in [0.25, 0.3) is 0 Å². The van der Waals surface area contributed by atoms with E-state index in [2.05, 4.69) is 15.4 Å². The van der Waals surface area contributed by atoms with E-state index in [0.29, 0.717) is 23.3 Å². The summed E-state index contributed by atoms with van der Waals surface area (Å²) in [4.78, 5) is 23.1. The number of dihydropyridines is 1. The summed E-state index contributed by atoms with van der Waals surface area (Å²) in [5, 5.41) is 10.4. The standard InChI is InChI=1S/C24H25FN6O/c1-27-31(17-6-7-17)22(26)15-4-3-5-18(12-15)30(2)23(32)19-13-16(9-11-28-19)24-10-8-21(25)29-20(24)14-24/h3-5,8-13,17,20,26-27H,6-7,14H2,1-2H3. The van der Waals surface area contributed by atoms with E-state index in [1.807, 2.05) is 48.5 Å². The number of amides is 1. The average molecular weight is 433 g/mol. The van der Waals surface area contributed by atoms with Crippen LogP contribution in [-0.4, -0.2) is 53.9 Å². The summed E-state index contributed by atoms with van der Waals surface area (Å²) in [5.41, 5.74) is 5.42. The monoisotopic (exact) mass is 432 g/mol. The van der Waals surface area contributed by atoms with Gasteiger partial charge in [-0.15, -0.1) is 0 Å². The number of nitrogens with one attached hydrogen (secondary N) is 2. The number of carbonyl (C=O) groups excluding carboxylic acids is 1. The number of hydrogen-bond acceptors (Lipinski definition) is 5. The van der Waals surface area contributed by atoms with Crippen molar-refractivity contribution >= 4 is 23.4 Å². The van der Waals surface area contributed by atoms with Crippen LogP contribution in [0.3, 0.4) is 0 Å². The molecule has 2 aromatic rings. The number of allylic oxidation sites excluding steroid dienone is 1. The Morgan fingerprint density at radius 3 is 2.81 bits per heavy atom. The highest BCUT2D eigenvalue weighted by Crippen LogP contribution is 2.53. The molecule has 1 aromatic carbocycles. The van der Waals surface area contributed by atoms with Crippen molar-refractivity contribution in [3.8, 4) is 0 Å². The Morgan fingerprint density at radius 1 is 1.28 bits per heavy atom. The summed E-state index contributed by atoms with van der Waals surface area (Å²) >= 11 is 0. The van der Waals surface area contributed by atoms with Crippen molar-refractivity contribution in [2.45, 2.75) is 36.8 Å². The summed E-state index contributed by atoms with van der Waals surface area (Å²) in [6.45, 7) is 0. The minimum Gasteiger partial charge on any atom is -0.310 e. The molecular formula is C24H25FN6O. The van der Waals surface area contributed by atoms with E-state index >= 15 is 0 Å². The molecule has 2 aliphatic carbocycles. The zero-order chi connectivity index (χ0) is 22.5. The van der Waals surface area contributed by atoms with E-state index in [-0.39, 0.29) is 17.4 Å². The van der Waals surface area contributed by atoms with Gasteiger partial charge in [-0.3, -0.25) is 25.2 Å². The molecule has 0 saturated heterocycles. The first kappa shape index (κ1) is 20.5. The minimum absolute atomic E-state index is 0.111. The van der Waals surface area contributed by atoms with Crippen LogP contribution in [0.5, 0.6) is 0 Å². The van der Waals surface area contributed by atoms with Crippen molar-refractivity contribution in [1.29, 1.82) is 5.41 Å². The highest BCUT2D eigenvalue weighted by Gasteiger charge is 2.55. The molecule has 1 amide bonds. The van der Waals surface area contributed by atoms with Crippen molar-refractivity contribution in [3.63, 3.8) is 0 Å². The summed E-state index contributed by atoms with van der Waals surface area (Å²) in [6.07, 6.45) is 7.73. The van der Waals surface area contributed by atoms with Crippen LogP contribution < -0.4 is 10.3 Å². The second-order valence-electron chi connectivity index (χ2n) is 8.56. The van der Waals surface area contributed by atoms with Gasteiger partial charge in [0.05, 0.1) is 6.04 Å². The average Bonchev–Trinajstić information content (AvgIpc) is 3.74. The molecule has 2 unspecified atom stereocenters. The van der Waals surface area contributed by atoms with Gasteiger partial charge in [0.15, 0.2) is 0 Å². The number of halogens is 1. The molecule has 5 rings (SSSR count). The van der Waals surface area contributed by atoms with Gasteiger partial charge in [0.1, 0.15) is 11.5 Å². The minimum atomic E-state index is -0.447. The number of hydrazine groups is 1. The van der Waals surface area contributed by atoms with E-state index < -0.39 is 5.97 Å². The lowest BCUT2D eigenvalue weighted by Crippen LogP contribution is -2.42. The number of anilines is 1. The smallest absolute Gasteiger partial charge is 0.276 e. The third-order valence-corrected chi connectivity index (χ3v) is 6.48. The Bertz CT molecular complexity index is 1160. The fraction of sp³-hybridized carbons (Fsp3) is 0.333. The van der Waals surface area contributed by atoms with Crippen molar-refractivity contribution in [2.75, 3.05) is 19.0 Å². The number of aliphatic imine (C=N–C) groups is 1. The van der Waals surface area contributed by atoms with Crippen molar-refractivity contribution in [1.82, 2.24) is 15.4 Å². The number of carbonyl (C=O) groups is 1. The molecule has 2 N–H and O–H groups in total. The molecule has 8 heteroatoms. The number of fused-ring (bicyclic) bond motifs is 1. The van der Waals surface area contributed by atoms with Gasteiger partial charge in [-0.2, -0.15) is 4.39 Å². The number of aromatic nitrogens is 1. The lowest BCUT2D eigenvalue weighted by molar-refractivity contribution is 0.0988. The van der Waals surface area contributed by atoms with Crippen molar-refractivity contribution in [2.24, 2.45) is 4.99 Å². The maximum absolute atomic E-state index is 13.4. The summed E-state index contributed by atoms with van der Waals surface area (Å²) < 4.78 is 13.4. The third kappa shape index (κ3) is 3.50. The lowest BCUT2D eigenvalue weighted by Gasteiger charge is -2.25. The van der Waals surface area contributed by atoms with E-state index in [9.17, 15) is 9.18 Å². The van der Waals surface area contributed by atoms with E-state index in [4.69, 9.17) is 5.41 Å². The molecule has 32 heavy (non-hydrogen) atoms. The fourth-order valence-electron chi connectivity index (χ4n) is 4.35. The first-order valence-electron chi connectivity index (χ1n) is 10.8. The highest BCUT2D eigenvalue weighted by atomic mass is 19.1. The van der Waals surface area contributed by atoms with E-state index in [0.717, 1.165) is 30.4 Å². The number of hydrogen-bond donors (Lipinski definition) is 2. The summed E-state index contributed by atoms with van der Waals surface area (Å²) in [5.74, 6) is -0.308. The normalized spacial score (nSPS) is 23.2. The fourth-order valence-corrected chi connectivity index (χ4v) is 4.35. The van der Waals surface area contributed by atoms with Crippen LogP contribution in [0, 0.1) is 5.41 Å². The quantitative estimate of drug-likeness (QED) is 0.417. The molecule has 2 fully saturated rings. The van der Waals surface area contributed by atoms with Gasteiger partial charge >= 0.3 is 0 Å². The molecule has 0 bridgehead atoms. The van der Waals surface area contributed by atoms with Crippen LogP contribution in [0.2, 0.25) is 0 Å². The van der Waals surface area contributed by atoms with Crippen molar-refractivity contribution < 1.29 is 9.18 Å². The molecule has 164 valence electrons. The van der Waals surface area contributed by atoms with Gasteiger partial charge in [-0.25, -0.2) is 5.43 Å². The van der Waals surface area contributed by atoms with Crippen LogP contribution in [-0.2, 0) is 5.41 Å². The summed E-state index contributed by atoms with van der Waals surface area (Å²) in [6, 6.07) is 11.3. The van der Waals surface area contributed by atoms with Gasteiger partial charge < -0.3 is 4.90 Å². The van der Waals surface area contributed by atoms with Gasteiger partial charge in [-0.1, -0.05) is 18.2 Å². The van der Waals surface area contributed by atoms with Gasteiger partial charge in [0.2, 0.25) is 5.97 Å². The molecular weight excluding hydrogens is 407 g/mol. The number of nitrogens with zero attached hydrogens (tertiary/aromatic N) is 4. The highest BCUT2D eigenvalue weighted by molar-refractivity contribution is 6.05. The zero-order valence-electron chi connectivity index (χ0n) is 18.0. The van der Waals surface area contributed by atoms with Crippen LogP contribution in [0.4, 0.5) is 10.1 Å². The molecule has 2 atom stereocenters. The zero-order valence-corrected chi connectivity index (χ0v) is 18.0. The molecule has 1 aliphatic heterocycles. The number of pyridine rings is 1. The molecule has 0 spiro atoms. The molecule has 1 aromatic heterocycles. The van der Waals surface area contributed by atoms with Crippen LogP contribution in [0.1, 0.15) is 40.9 Å². The van der Waals surface area contributed by atoms with Crippen LogP contribution in [0.15, 0.2) is 59.7 Å². The van der Waals surface area contributed by atoms with E-state index in [1.54, 1.807) is 24.2 Å². The number of amidine groups is 1. The van der Waals surface area contributed by atoms with E-state index in [1.165, 1.54) is 6.08 Å². The predicted molar refractivity (Wildman–Crippen MR) is 122 cm³/mol. The Labute approximate surface area is 186 Å². The number of benzene rings is 1. The maximum atomic E-state index is 13.4. The topological polar surface area (TPSA) is 84.7 Å². The van der Waals surface area contributed by atoms with Gasteiger partial charge in [-0.05, 0) is 55.2 Å². The SMILES string of the molecule is CNN(C(=N)c1cccc(N(C)C(=O)c2cc(C34C=CC(F)=NC3C4)ccn2)c1)C1CC1. The van der Waals surface area contributed by atoms with Crippen LogP contribution >= 0.6 is 0 Å². The van der Waals surface area contributed by atoms with Crippen molar-refractivity contribution in [3.05, 3.63) is 71.6 Å². The molecule has 0 radical (unpaired) electrons. The third-order valence-electron chi connectivity index (χ3n) is 6.48. The Balaban J connectivity index is 1.37. The van der Waals surface area contributed by atoms with Gasteiger partial charge in [0, 0.05) is 43.0 Å². The Kier molecular flexibility index (Phi) is 4.89. The molecule has 2 heterocycles. The number of rotatable bonds is 6. The van der Waals surface area contributed by atoms with Gasteiger partial charge in [0.25, 0.3) is 5.91 Å².